The quantitative estimate of drug-likeness (QED) is 0.823. The van der Waals surface area contributed by atoms with Crippen LogP contribution in [0.3, 0.4) is 0 Å². The molecule has 0 fully saturated rings. The lowest BCUT2D eigenvalue weighted by atomic mass is 10.3. The van der Waals surface area contributed by atoms with Crippen LogP contribution in [0.5, 0.6) is 0 Å². The van der Waals surface area contributed by atoms with Gasteiger partial charge in [-0.05, 0) is 23.9 Å². The Labute approximate surface area is 84.5 Å². The predicted molar refractivity (Wildman–Crippen MR) is 53.5 cm³/mol. The van der Waals surface area contributed by atoms with Gasteiger partial charge in [-0.25, -0.2) is 0 Å². The van der Waals surface area contributed by atoms with E-state index >= 15 is 0 Å². The SMILES string of the molecule is Cc1csc(C(=O)Nc2ccon2)c1. The van der Waals surface area contributed by atoms with Crippen molar-refractivity contribution < 1.29 is 9.32 Å². The van der Waals surface area contributed by atoms with E-state index in [0.29, 0.717) is 10.7 Å². The molecule has 0 aliphatic rings. The molecule has 0 aromatic carbocycles. The minimum Gasteiger partial charge on any atom is -0.363 e. The smallest absolute Gasteiger partial charge is 0.266 e. The molecule has 2 aromatic heterocycles. The molecule has 0 aliphatic heterocycles. The van der Waals surface area contributed by atoms with Crippen LogP contribution in [-0.2, 0) is 0 Å². The molecule has 0 saturated carbocycles. The van der Waals surface area contributed by atoms with Gasteiger partial charge >= 0.3 is 0 Å². The summed E-state index contributed by atoms with van der Waals surface area (Å²) >= 11 is 1.41. The Morgan fingerprint density at radius 2 is 2.50 bits per heavy atom. The van der Waals surface area contributed by atoms with Gasteiger partial charge in [0.15, 0.2) is 5.82 Å². The van der Waals surface area contributed by atoms with E-state index in [1.54, 1.807) is 6.07 Å². The summed E-state index contributed by atoms with van der Waals surface area (Å²) in [5, 5.41) is 8.13. The first-order valence-electron chi connectivity index (χ1n) is 4.02. The molecule has 4 nitrogen and oxygen atoms in total. The minimum atomic E-state index is -0.156. The number of carbonyl (C=O) groups is 1. The van der Waals surface area contributed by atoms with E-state index in [4.69, 9.17) is 0 Å². The number of nitrogens with zero attached hydrogens (tertiary/aromatic N) is 1. The average molecular weight is 208 g/mol. The number of aryl methyl sites for hydroxylation is 1. The monoisotopic (exact) mass is 208 g/mol. The molecule has 14 heavy (non-hydrogen) atoms. The van der Waals surface area contributed by atoms with Crippen molar-refractivity contribution in [3.8, 4) is 0 Å². The van der Waals surface area contributed by atoms with E-state index < -0.39 is 0 Å². The number of hydrogen-bond acceptors (Lipinski definition) is 4. The number of thiophene rings is 1. The molecule has 72 valence electrons. The van der Waals surface area contributed by atoms with E-state index in [1.807, 2.05) is 18.4 Å². The van der Waals surface area contributed by atoms with Gasteiger partial charge in [-0.15, -0.1) is 11.3 Å². The zero-order valence-corrected chi connectivity index (χ0v) is 8.30. The zero-order chi connectivity index (χ0) is 9.97. The molecule has 2 rings (SSSR count). The van der Waals surface area contributed by atoms with Gasteiger partial charge in [0.25, 0.3) is 5.91 Å². The van der Waals surface area contributed by atoms with E-state index in [1.165, 1.54) is 17.6 Å². The molecule has 0 spiro atoms. The highest BCUT2D eigenvalue weighted by Crippen LogP contribution is 2.15. The van der Waals surface area contributed by atoms with Gasteiger partial charge in [-0.3, -0.25) is 4.79 Å². The van der Waals surface area contributed by atoms with Crippen molar-refractivity contribution in [2.45, 2.75) is 6.92 Å². The number of amides is 1. The van der Waals surface area contributed by atoms with Crippen molar-refractivity contribution in [3.05, 3.63) is 34.2 Å². The maximum atomic E-state index is 11.5. The highest BCUT2D eigenvalue weighted by molar-refractivity contribution is 7.12. The number of hydrogen-bond donors (Lipinski definition) is 1. The highest BCUT2D eigenvalue weighted by Gasteiger charge is 2.09. The van der Waals surface area contributed by atoms with E-state index in [2.05, 4.69) is 15.0 Å². The van der Waals surface area contributed by atoms with Crippen molar-refractivity contribution in [1.82, 2.24) is 5.16 Å². The molecule has 0 bridgehead atoms. The predicted octanol–water partition coefficient (Wildman–Crippen LogP) is 2.30. The van der Waals surface area contributed by atoms with Crippen LogP contribution in [0.25, 0.3) is 0 Å². The summed E-state index contributed by atoms with van der Waals surface area (Å²) in [6, 6.07) is 3.43. The van der Waals surface area contributed by atoms with Gasteiger partial charge in [-0.2, -0.15) is 0 Å². The first-order chi connectivity index (χ1) is 6.75. The molecule has 2 heterocycles. The highest BCUT2D eigenvalue weighted by atomic mass is 32.1. The number of rotatable bonds is 2. The maximum absolute atomic E-state index is 11.5. The first-order valence-corrected chi connectivity index (χ1v) is 4.90. The molecule has 1 amide bonds. The van der Waals surface area contributed by atoms with E-state index in [0.717, 1.165) is 5.56 Å². The maximum Gasteiger partial charge on any atom is 0.266 e. The third kappa shape index (κ3) is 1.82. The van der Waals surface area contributed by atoms with E-state index in [9.17, 15) is 4.79 Å². The molecule has 0 aliphatic carbocycles. The Morgan fingerprint density at radius 1 is 1.64 bits per heavy atom. The zero-order valence-electron chi connectivity index (χ0n) is 7.48. The Bertz CT molecular complexity index is 433. The summed E-state index contributed by atoms with van der Waals surface area (Å²) in [6.45, 7) is 1.95. The number of carbonyl (C=O) groups excluding carboxylic acids is 1. The average Bonchev–Trinajstić information content (AvgIpc) is 2.75. The number of nitrogens with one attached hydrogen (secondary N) is 1. The molecular weight excluding hydrogens is 200 g/mol. The molecule has 0 saturated heterocycles. The number of anilines is 1. The van der Waals surface area contributed by atoms with Crippen molar-refractivity contribution in [1.29, 1.82) is 0 Å². The Kier molecular flexibility index (Phi) is 2.32. The fraction of sp³-hybridized carbons (Fsp3) is 0.111. The molecular formula is C9H8N2O2S. The van der Waals surface area contributed by atoms with Crippen LogP contribution in [0.2, 0.25) is 0 Å². The molecule has 0 atom stereocenters. The standard InChI is InChI=1S/C9H8N2O2S/c1-6-4-7(14-5-6)9(12)10-8-2-3-13-11-8/h2-5H,1H3,(H,10,11,12). The third-order valence-corrected chi connectivity index (χ3v) is 2.68. The second kappa shape index (κ2) is 3.63. The third-order valence-electron chi connectivity index (χ3n) is 1.63. The largest absolute Gasteiger partial charge is 0.363 e. The second-order valence-corrected chi connectivity index (χ2v) is 3.74. The number of aromatic nitrogens is 1. The van der Waals surface area contributed by atoms with Crippen LogP contribution >= 0.6 is 11.3 Å². The van der Waals surface area contributed by atoms with Gasteiger partial charge in [0, 0.05) is 6.07 Å². The Hall–Kier alpha value is -1.62. The first kappa shape index (κ1) is 8.96. The van der Waals surface area contributed by atoms with Gasteiger partial charge in [0.2, 0.25) is 0 Å². The van der Waals surface area contributed by atoms with Gasteiger partial charge < -0.3 is 9.84 Å². The van der Waals surface area contributed by atoms with Gasteiger partial charge in [0.05, 0.1) is 4.88 Å². The van der Waals surface area contributed by atoms with Crippen LogP contribution in [0.4, 0.5) is 5.82 Å². The summed E-state index contributed by atoms with van der Waals surface area (Å²) in [5.74, 6) is 0.276. The normalized spacial score (nSPS) is 10.1. The van der Waals surface area contributed by atoms with Gasteiger partial charge in [-0.1, -0.05) is 5.16 Å². The summed E-state index contributed by atoms with van der Waals surface area (Å²) in [6.07, 6.45) is 1.41. The van der Waals surface area contributed by atoms with Crippen LogP contribution < -0.4 is 5.32 Å². The topological polar surface area (TPSA) is 55.1 Å². The molecule has 0 radical (unpaired) electrons. The lowest BCUT2D eigenvalue weighted by Gasteiger charge is -1.96. The van der Waals surface area contributed by atoms with Gasteiger partial charge in [0.1, 0.15) is 6.26 Å². The lowest BCUT2D eigenvalue weighted by Crippen LogP contribution is -2.10. The second-order valence-electron chi connectivity index (χ2n) is 2.83. The van der Waals surface area contributed by atoms with Crippen molar-refractivity contribution >= 4 is 23.1 Å². The van der Waals surface area contributed by atoms with Crippen molar-refractivity contribution in [2.24, 2.45) is 0 Å². The Morgan fingerprint density at radius 3 is 3.07 bits per heavy atom. The summed E-state index contributed by atoms with van der Waals surface area (Å²) in [5.41, 5.74) is 1.08. The lowest BCUT2D eigenvalue weighted by molar-refractivity contribution is 0.102. The fourth-order valence-electron chi connectivity index (χ4n) is 1.01. The fourth-order valence-corrected chi connectivity index (χ4v) is 1.80. The summed E-state index contributed by atoms with van der Waals surface area (Å²) in [4.78, 5) is 12.2. The summed E-state index contributed by atoms with van der Waals surface area (Å²) < 4.78 is 4.60. The Balaban J connectivity index is 2.10. The molecule has 0 unspecified atom stereocenters. The molecule has 1 N–H and O–H groups in total. The molecule has 2 aromatic rings. The summed E-state index contributed by atoms with van der Waals surface area (Å²) in [7, 11) is 0. The van der Waals surface area contributed by atoms with Crippen LogP contribution in [0, 0.1) is 6.92 Å². The van der Waals surface area contributed by atoms with Crippen LogP contribution in [0.1, 0.15) is 15.2 Å². The minimum absolute atomic E-state index is 0.156. The molecule has 5 heteroatoms. The van der Waals surface area contributed by atoms with Crippen LogP contribution in [0.15, 0.2) is 28.3 Å². The van der Waals surface area contributed by atoms with Crippen molar-refractivity contribution in [2.75, 3.05) is 5.32 Å². The van der Waals surface area contributed by atoms with Crippen LogP contribution in [-0.4, -0.2) is 11.1 Å². The van der Waals surface area contributed by atoms with Crippen molar-refractivity contribution in [3.63, 3.8) is 0 Å². The van der Waals surface area contributed by atoms with E-state index in [-0.39, 0.29) is 5.91 Å².